The first-order valence-electron chi connectivity index (χ1n) is 5.61. The second-order valence-corrected chi connectivity index (χ2v) is 4.46. The van der Waals surface area contributed by atoms with E-state index in [2.05, 4.69) is 5.32 Å². The highest BCUT2D eigenvalue weighted by Crippen LogP contribution is 2.25. The minimum absolute atomic E-state index is 0.00106. The van der Waals surface area contributed by atoms with Gasteiger partial charge in [0.2, 0.25) is 5.78 Å². The lowest BCUT2D eigenvalue weighted by atomic mass is 10.1. The monoisotopic (exact) mass is 233 g/mol. The minimum atomic E-state index is -0.375. The molecule has 1 atom stereocenters. The Balaban J connectivity index is 2.47. The number of ketones is 1. The van der Waals surface area contributed by atoms with Gasteiger partial charge in [-0.25, -0.2) is 0 Å². The van der Waals surface area contributed by atoms with Crippen molar-refractivity contribution < 1.29 is 14.3 Å². The van der Waals surface area contributed by atoms with Gasteiger partial charge in [-0.1, -0.05) is 6.08 Å². The Hall–Kier alpha value is -1.84. The zero-order chi connectivity index (χ0) is 12.6. The molecule has 1 amide bonds. The number of carbonyl (C=O) groups excluding carboxylic acids is 2. The summed E-state index contributed by atoms with van der Waals surface area (Å²) in [6.45, 7) is 5.49. The number of amides is 1. The topological polar surface area (TPSA) is 55.4 Å². The van der Waals surface area contributed by atoms with Crippen LogP contribution in [0.4, 0.5) is 0 Å². The molecule has 0 aromatic rings. The van der Waals surface area contributed by atoms with Crippen molar-refractivity contribution in [2.24, 2.45) is 0 Å². The number of hydrogen-bond donors (Lipinski definition) is 1. The molecule has 0 aromatic carbocycles. The average Bonchev–Trinajstić information content (AvgIpc) is 2.54. The maximum atomic E-state index is 12.1. The van der Waals surface area contributed by atoms with Crippen LogP contribution in [0.2, 0.25) is 0 Å². The predicted molar refractivity (Wildman–Crippen MR) is 62.9 cm³/mol. The lowest BCUT2D eigenvalue weighted by Crippen LogP contribution is -2.17. The van der Waals surface area contributed by atoms with Crippen LogP contribution in [0.25, 0.3) is 0 Å². The predicted octanol–water partition coefficient (Wildman–Crippen LogP) is 1.60. The van der Waals surface area contributed by atoms with E-state index in [9.17, 15) is 9.59 Å². The Kier molecular flexibility index (Phi) is 2.88. The molecule has 0 radical (unpaired) electrons. The first kappa shape index (κ1) is 11.6. The second-order valence-electron chi connectivity index (χ2n) is 4.46. The summed E-state index contributed by atoms with van der Waals surface area (Å²) in [5.41, 5.74) is 1.28. The van der Waals surface area contributed by atoms with Crippen LogP contribution in [-0.4, -0.2) is 17.8 Å². The van der Waals surface area contributed by atoms with Crippen molar-refractivity contribution in [3.05, 3.63) is 34.8 Å². The Morgan fingerprint density at radius 1 is 1.41 bits per heavy atom. The van der Waals surface area contributed by atoms with Crippen LogP contribution in [-0.2, 0) is 14.3 Å². The van der Waals surface area contributed by atoms with Gasteiger partial charge in [0.05, 0.1) is 11.8 Å². The maximum Gasteiger partial charge on any atom is 0.263 e. The second kappa shape index (κ2) is 4.20. The summed E-state index contributed by atoms with van der Waals surface area (Å²) in [6, 6.07) is 0. The van der Waals surface area contributed by atoms with Gasteiger partial charge in [-0.2, -0.15) is 0 Å². The third kappa shape index (κ3) is 2.02. The minimum Gasteiger partial charge on any atom is -0.489 e. The number of carbonyl (C=O) groups is 2. The fourth-order valence-electron chi connectivity index (χ4n) is 1.85. The molecule has 0 aliphatic carbocycles. The van der Waals surface area contributed by atoms with E-state index in [4.69, 9.17) is 4.74 Å². The molecule has 2 heterocycles. The maximum absolute atomic E-state index is 12.1. The molecular formula is C13H15NO3. The van der Waals surface area contributed by atoms with Crippen molar-refractivity contribution in [3.63, 3.8) is 0 Å². The fraction of sp³-hybridized carbons (Fsp3) is 0.385. The van der Waals surface area contributed by atoms with Crippen LogP contribution >= 0.6 is 0 Å². The van der Waals surface area contributed by atoms with Crippen LogP contribution in [0.1, 0.15) is 27.2 Å². The van der Waals surface area contributed by atoms with Crippen molar-refractivity contribution in [3.8, 4) is 0 Å². The van der Waals surface area contributed by atoms with Gasteiger partial charge in [0.1, 0.15) is 11.3 Å². The van der Waals surface area contributed by atoms with Gasteiger partial charge in [0, 0.05) is 6.42 Å². The summed E-state index contributed by atoms with van der Waals surface area (Å²) >= 11 is 0. The summed E-state index contributed by atoms with van der Waals surface area (Å²) in [6.07, 6.45) is 4.40. The average molecular weight is 233 g/mol. The molecule has 17 heavy (non-hydrogen) atoms. The Morgan fingerprint density at radius 3 is 2.65 bits per heavy atom. The molecular weight excluding hydrogens is 218 g/mol. The molecule has 0 aromatic heterocycles. The van der Waals surface area contributed by atoms with E-state index >= 15 is 0 Å². The van der Waals surface area contributed by atoms with Gasteiger partial charge < -0.3 is 10.1 Å². The Labute approximate surface area is 100 Å². The smallest absolute Gasteiger partial charge is 0.263 e. The van der Waals surface area contributed by atoms with Gasteiger partial charge in [-0.05, 0) is 32.4 Å². The van der Waals surface area contributed by atoms with Gasteiger partial charge in [0.15, 0.2) is 0 Å². The van der Waals surface area contributed by atoms with Crippen LogP contribution in [0.3, 0.4) is 0 Å². The normalized spacial score (nSPS) is 28.2. The number of nitrogens with one attached hydrogen (secondary N) is 1. The molecule has 90 valence electrons. The quantitative estimate of drug-likeness (QED) is 0.510. The Morgan fingerprint density at radius 2 is 2.12 bits per heavy atom. The molecule has 4 heteroatoms. The molecule has 1 saturated heterocycles. The third-order valence-electron chi connectivity index (χ3n) is 2.73. The van der Waals surface area contributed by atoms with Crippen LogP contribution in [0.5, 0.6) is 0 Å². The molecule has 1 fully saturated rings. The molecule has 0 bridgehead atoms. The van der Waals surface area contributed by atoms with E-state index in [1.807, 2.05) is 13.0 Å². The van der Waals surface area contributed by atoms with Crippen LogP contribution < -0.4 is 5.32 Å². The van der Waals surface area contributed by atoms with Crippen LogP contribution in [0.15, 0.2) is 34.8 Å². The van der Waals surface area contributed by atoms with E-state index in [0.29, 0.717) is 11.5 Å². The number of Topliss-reactive ketones (excluding diaryl/α,β-unsaturated/α-hetero) is 1. The Bertz CT molecular complexity index is 479. The zero-order valence-electron chi connectivity index (χ0n) is 10.2. The summed E-state index contributed by atoms with van der Waals surface area (Å²) in [4.78, 5) is 23.8. The van der Waals surface area contributed by atoms with E-state index in [1.165, 1.54) is 0 Å². The van der Waals surface area contributed by atoms with E-state index in [0.717, 1.165) is 12.0 Å². The zero-order valence-corrected chi connectivity index (χ0v) is 10.2. The van der Waals surface area contributed by atoms with E-state index < -0.39 is 0 Å². The summed E-state index contributed by atoms with van der Waals surface area (Å²) < 4.78 is 5.53. The largest absolute Gasteiger partial charge is 0.489 e. The van der Waals surface area contributed by atoms with Crippen molar-refractivity contribution in [2.75, 3.05) is 0 Å². The molecule has 2 aliphatic heterocycles. The summed E-state index contributed by atoms with van der Waals surface area (Å²) in [7, 11) is 0. The molecule has 2 rings (SSSR count). The summed E-state index contributed by atoms with van der Waals surface area (Å²) in [5, 5.41) is 2.58. The third-order valence-corrected chi connectivity index (χ3v) is 2.73. The standard InChI is InChI=1S/C13H15NO3/c1-7(2)11-12(15)10(13(16)14-11)9-6-4-5-8(3)17-9/h4,6,8H,5H2,1-3H3,(H,14,16)/b10-9+/t8-/m0/s1. The fourth-order valence-corrected chi connectivity index (χ4v) is 1.85. The number of ether oxygens (including phenoxy) is 1. The lowest BCUT2D eigenvalue weighted by molar-refractivity contribution is -0.117. The van der Waals surface area contributed by atoms with E-state index in [1.54, 1.807) is 19.9 Å². The number of allylic oxidation sites excluding steroid dienone is 3. The lowest BCUT2D eigenvalue weighted by Gasteiger charge is -2.18. The molecule has 0 saturated carbocycles. The molecule has 4 nitrogen and oxygen atoms in total. The van der Waals surface area contributed by atoms with Crippen molar-refractivity contribution in [1.29, 1.82) is 0 Å². The summed E-state index contributed by atoms with van der Waals surface area (Å²) in [5.74, 6) is -0.272. The van der Waals surface area contributed by atoms with Gasteiger partial charge in [-0.15, -0.1) is 0 Å². The first-order valence-corrected chi connectivity index (χ1v) is 5.61. The highest BCUT2D eigenvalue weighted by atomic mass is 16.5. The molecule has 0 unspecified atom stereocenters. The SMILES string of the molecule is CC(C)=C1NC(=O)/C(=C2\C=CC[C@H](C)O2)C1=O. The highest BCUT2D eigenvalue weighted by molar-refractivity contribution is 6.32. The van der Waals surface area contributed by atoms with Gasteiger partial charge in [0.25, 0.3) is 5.91 Å². The van der Waals surface area contributed by atoms with Gasteiger partial charge >= 0.3 is 0 Å². The van der Waals surface area contributed by atoms with E-state index in [-0.39, 0.29) is 23.4 Å². The van der Waals surface area contributed by atoms with Gasteiger partial charge in [-0.3, -0.25) is 9.59 Å². The molecule has 1 N–H and O–H groups in total. The highest BCUT2D eigenvalue weighted by Gasteiger charge is 2.35. The van der Waals surface area contributed by atoms with Crippen molar-refractivity contribution in [2.45, 2.75) is 33.3 Å². The molecule has 0 spiro atoms. The number of rotatable bonds is 0. The van der Waals surface area contributed by atoms with Crippen molar-refractivity contribution in [1.82, 2.24) is 5.32 Å². The number of hydrogen-bond acceptors (Lipinski definition) is 3. The molecule has 2 aliphatic rings. The van der Waals surface area contributed by atoms with Crippen LogP contribution in [0, 0.1) is 0 Å². The van der Waals surface area contributed by atoms with Crippen molar-refractivity contribution >= 4 is 11.7 Å². The first-order chi connectivity index (χ1) is 8.00.